The fourth-order valence-corrected chi connectivity index (χ4v) is 3.11. The van der Waals surface area contributed by atoms with Gasteiger partial charge in [-0.2, -0.15) is 0 Å². The zero-order valence-corrected chi connectivity index (χ0v) is 18.8. The first-order chi connectivity index (χ1) is 13.7. The molecule has 0 bridgehead atoms. The van der Waals surface area contributed by atoms with E-state index in [0.717, 1.165) is 45.2 Å². The van der Waals surface area contributed by atoms with Crippen molar-refractivity contribution in [1.29, 1.82) is 0 Å². The second kappa shape index (κ2) is 20.5. The van der Waals surface area contributed by atoms with Gasteiger partial charge >= 0.3 is 12.1 Å². The number of amides is 1. The average molecular weight is 400 g/mol. The highest BCUT2D eigenvalue weighted by Gasteiger charge is 2.14. The van der Waals surface area contributed by atoms with Crippen LogP contribution >= 0.6 is 0 Å². The quantitative estimate of drug-likeness (QED) is 0.184. The van der Waals surface area contributed by atoms with Crippen LogP contribution in [0, 0.1) is 0 Å². The monoisotopic (exact) mass is 399 g/mol. The fourth-order valence-electron chi connectivity index (χ4n) is 3.11. The number of esters is 1. The van der Waals surface area contributed by atoms with Crippen molar-refractivity contribution in [2.24, 2.45) is 0 Å². The maximum absolute atomic E-state index is 12.4. The number of nitrogens with zero attached hydrogens (tertiary/aromatic N) is 1. The molecule has 0 unspecified atom stereocenters. The Morgan fingerprint density at radius 2 is 1.07 bits per heavy atom. The van der Waals surface area contributed by atoms with Crippen LogP contribution in [0.2, 0.25) is 0 Å². The van der Waals surface area contributed by atoms with E-state index in [1.165, 1.54) is 51.4 Å². The Morgan fingerprint density at radius 1 is 0.607 bits per heavy atom. The SMILES string of the molecule is CCCCCCCCN(CCCCCCCC)C(=O)OCCOC(=O)CCC. The van der Waals surface area contributed by atoms with Crippen LogP contribution < -0.4 is 0 Å². The van der Waals surface area contributed by atoms with Crippen LogP contribution in [-0.4, -0.2) is 43.3 Å². The minimum atomic E-state index is -0.270. The predicted molar refractivity (Wildman–Crippen MR) is 116 cm³/mol. The van der Waals surface area contributed by atoms with Crippen molar-refractivity contribution in [1.82, 2.24) is 4.90 Å². The second-order valence-electron chi connectivity index (χ2n) is 7.61. The molecular formula is C23H45NO4. The van der Waals surface area contributed by atoms with Crippen LogP contribution in [-0.2, 0) is 14.3 Å². The summed E-state index contributed by atoms with van der Waals surface area (Å²) in [5.41, 5.74) is 0. The molecule has 5 heteroatoms. The summed E-state index contributed by atoms with van der Waals surface area (Å²) in [6.45, 7) is 8.18. The Kier molecular flexibility index (Phi) is 19.6. The Hall–Kier alpha value is -1.26. The third-order valence-corrected chi connectivity index (χ3v) is 4.85. The van der Waals surface area contributed by atoms with E-state index in [1.807, 2.05) is 11.8 Å². The van der Waals surface area contributed by atoms with E-state index < -0.39 is 0 Å². The summed E-state index contributed by atoms with van der Waals surface area (Å²) >= 11 is 0. The van der Waals surface area contributed by atoms with Crippen LogP contribution in [0.1, 0.15) is 111 Å². The van der Waals surface area contributed by atoms with Gasteiger partial charge in [-0.1, -0.05) is 85.0 Å². The van der Waals surface area contributed by atoms with E-state index >= 15 is 0 Å². The molecule has 0 aliphatic carbocycles. The van der Waals surface area contributed by atoms with Crippen molar-refractivity contribution in [3.05, 3.63) is 0 Å². The molecule has 0 saturated carbocycles. The maximum Gasteiger partial charge on any atom is 0.409 e. The average Bonchev–Trinajstić information content (AvgIpc) is 2.69. The van der Waals surface area contributed by atoms with E-state index in [4.69, 9.17) is 9.47 Å². The minimum Gasteiger partial charge on any atom is -0.462 e. The molecule has 0 aliphatic heterocycles. The van der Waals surface area contributed by atoms with Gasteiger partial charge in [-0.3, -0.25) is 4.79 Å². The van der Waals surface area contributed by atoms with Crippen molar-refractivity contribution < 1.29 is 19.1 Å². The van der Waals surface area contributed by atoms with Gasteiger partial charge in [-0.15, -0.1) is 0 Å². The van der Waals surface area contributed by atoms with Gasteiger partial charge in [-0.05, 0) is 19.3 Å². The first-order valence-electron chi connectivity index (χ1n) is 11.7. The molecule has 0 aliphatic rings. The van der Waals surface area contributed by atoms with Crippen molar-refractivity contribution in [2.45, 2.75) is 111 Å². The number of unbranched alkanes of at least 4 members (excludes halogenated alkanes) is 10. The summed E-state index contributed by atoms with van der Waals surface area (Å²) in [6.07, 6.45) is 15.4. The maximum atomic E-state index is 12.4. The molecule has 0 atom stereocenters. The van der Waals surface area contributed by atoms with Crippen molar-refractivity contribution in [3.8, 4) is 0 Å². The molecule has 28 heavy (non-hydrogen) atoms. The summed E-state index contributed by atoms with van der Waals surface area (Å²) in [5.74, 6) is -0.227. The summed E-state index contributed by atoms with van der Waals surface area (Å²) in [4.78, 5) is 25.6. The van der Waals surface area contributed by atoms with Crippen molar-refractivity contribution >= 4 is 12.1 Å². The van der Waals surface area contributed by atoms with Gasteiger partial charge in [0.1, 0.15) is 13.2 Å². The largest absolute Gasteiger partial charge is 0.462 e. The number of carbonyl (C=O) groups excluding carboxylic acids is 2. The van der Waals surface area contributed by atoms with Gasteiger partial charge < -0.3 is 14.4 Å². The lowest BCUT2D eigenvalue weighted by atomic mass is 10.1. The molecule has 0 aromatic carbocycles. The number of hydrogen-bond acceptors (Lipinski definition) is 4. The highest BCUT2D eigenvalue weighted by Crippen LogP contribution is 2.10. The molecule has 0 spiro atoms. The van der Waals surface area contributed by atoms with Crippen LogP contribution in [0.4, 0.5) is 4.79 Å². The van der Waals surface area contributed by atoms with E-state index in [1.54, 1.807) is 0 Å². The van der Waals surface area contributed by atoms with Gasteiger partial charge in [0.15, 0.2) is 0 Å². The molecule has 0 aromatic heterocycles. The molecule has 0 heterocycles. The fraction of sp³-hybridized carbons (Fsp3) is 0.913. The smallest absolute Gasteiger partial charge is 0.409 e. The molecule has 5 nitrogen and oxygen atoms in total. The lowest BCUT2D eigenvalue weighted by molar-refractivity contribution is -0.144. The summed E-state index contributed by atoms with van der Waals surface area (Å²) in [5, 5.41) is 0. The lowest BCUT2D eigenvalue weighted by Crippen LogP contribution is -2.34. The Bertz CT molecular complexity index is 358. The first-order valence-corrected chi connectivity index (χ1v) is 11.7. The van der Waals surface area contributed by atoms with Gasteiger partial charge in [0.2, 0.25) is 0 Å². The number of carbonyl (C=O) groups is 2. The highest BCUT2D eigenvalue weighted by molar-refractivity contribution is 5.69. The van der Waals surface area contributed by atoms with Crippen LogP contribution in [0.25, 0.3) is 0 Å². The molecule has 0 rings (SSSR count). The summed E-state index contributed by atoms with van der Waals surface area (Å²) < 4.78 is 10.4. The topological polar surface area (TPSA) is 55.8 Å². The Morgan fingerprint density at radius 3 is 1.57 bits per heavy atom. The third kappa shape index (κ3) is 16.9. The van der Waals surface area contributed by atoms with Gasteiger partial charge in [0, 0.05) is 19.5 Å². The number of ether oxygens (including phenoxy) is 2. The Balaban J connectivity index is 4.12. The third-order valence-electron chi connectivity index (χ3n) is 4.85. The zero-order valence-electron chi connectivity index (χ0n) is 18.8. The van der Waals surface area contributed by atoms with E-state index in [0.29, 0.717) is 6.42 Å². The van der Waals surface area contributed by atoms with Crippen LogP contribution in [0.5, 0.6) is 0 Å². The summed E-state index contributed by atoms with van der Waals surface area (Å²) in [7, 11) is 0. The molecule has 0 aromatic rings. The van der Waals surface area contributed by atoms with Crippen molar-refractivity contribution in [2.75, 3.05) is 26.3 Å². The molecule has 0 N–H and O–H groups in total. The first kappa shape index (κ1) is 26.7. The molecule has 0 fully saturated rings. The molecule has 1 amide bonds. The normalized spacial score (nSPS) is 10.7. The lowest BCUT2D eigenvalue weighted by Gasteiger charge is -2.22. The van der Waals surface area contributed by atoms with Crippen LogP contribution in [0.3, 0.4) is 0 Å². The molecule has 0 radical (unpaired) electrons. The minimum absolute atomic E-state index is 0.137. The standard InChI is InChI=1S/C23H45NO4/c1-4-7-9-11-13-15-18-24(19-16-14-12-10-8-5-2)23(26)28-21-20-27-22(25)17-6-3/h4-21H2,1-3H3. The van der Waals surface area contributed by atoms with Crippen LogP contribution in [0.15, 0.2) is 0 Å². The van der Waals surface area contributed by atoms with Crippen molar-refractivity contribution in [3.63, 3.8) is 0 Å². The second-order valence-corrected chi connectivity index (χ2v) is 7.61. The van der Waals surface area contributed by atoms with Gasteiger partial charge in [-0.25, -0.2) is 4.79 Å². The van der Waals surface area contributed by atoms with Gasteiger partial charge in [0.05, 0.1) is 0 Å². The van der Waals surface area contributed by atoms with E-state index in [9.17, 15) is 9.59 Å². The number of rotatable bonds is 19. The Labute approximate surface area is 173 Å². The molecular weight excluding hydrogens is 354 g/mol. The van der Waals surface area contributed by atoms with Gasteiger partial charge in [0.25, 0.3) is 0 Å². The molecule has 166 valence electrons. The van der Waals surface area contributed by atoms with E-state index in [2.05, 4.69) is 13.8 Å². The highest BCUT2D eigenvalue weighted by atomic mass is 16.6. The predicted octanol–water partition coefficient (Wildman–Crippen LogP) is 6.49. The molecule has 0 saturated heterocycles. The summed E-state index contributed by atoms with van der Waals surface area (Å²) in [6, 6.07) is 0. The zero-order chi connectivity index (χ0) is 20.9. The number of hydrogen-bond donors (Lipinski definition) is 0. The van der Waals surface area contributed by atoms with E-state index in [-0.39, 0.29) is 25.3 Å².